The number of carbonyl (C=O) groups excluding carboxylic acids is 1. The van der Waals surface area contributed by atoms with Gasteiger partial charge in [-0.3, -0.25) is 10.1 Å². The van der Waals surface area contributed by atoms with Crippen LogP contribution in [0.4, 0.5) is 5.13 Å². The summed E-state index contributed by atoms with van der Waals surface area (Å²) in [6.45, 7) is 0. The van der Waals surface area contributed by atoms with Crippen LogP contribution in [0.25, 0.3) is 0 Å². The number of benzene rings is 1. The molecule has 1 heterocycles. The van der Waals surface area contributed by atoms with E-state index in [9.17, 15) is 4.79 Å². The third-order valence-electron chi connectivity index (χ3n) is 3.23. The summed E-state index contributed by atoms with van der Waals surface area (Å²) in [4.78, 5) is 18.1. The Hall–Kier alpha value is -1.40. The predicted octanol–water partition coefficient (Wildman–Crippen LogP) is 3.66. The molecule has 0 fully saturated rings. The number of aryl methyl sites for hydroxylation is 2. The molecular weight excluding hydrogens is 340 g/mol. The highest BCUT2D eigenvalue weighted by Gasteiger charge is 2.19. The van der Waals surface area contributed by atoms with Gasteiger partial charge in [-0.25, -0.2) is 4.98 Å². The second-order valence-electron chi connectivity index (χ2n) is 4.54. The summed E-state index contributed by atoms with van der Waals surface area (Å²) >= 11 is 4.96. The molecule has 4 nitrogen and oxygen atoms in total. The molecule has 20 heavy (non-hydrogen) atoms. The number of ether oxygens (including phenoxy) is 1. The number of thiazole rings is 1. The molecule has 0 aliphatic heterocycles. The number of nitrogens with one attached hydrogen (secondary N) is 1. The van der Waals surface area contributed by atoms with Crippen molar-refractivity contribution < 1.29 is 9.53 Å². The number of fused-ring (bicyclic) bond motifs is 1. The van der Waals surface area contributed by atoms with E-state index < -0.39 is 0 Å². The molecule has 0 bridgehead atoms. The average molecular weight is 353 g/mol. The molecule has 0 atom stereocenters. The van der Waals surface area contributed by atoms with Crippen LogP contribution in [-0.4, -0.2) is 18.0 Å². The Balaban J connectivity index is 1.81. The van der Waals surface area contributed by atoms with Gasteiger partial charge in [0.2, 0.25) is 0 Å². The first-order valence-electron chi connectivity index (χ1n) is 6.31. The number of rotatable bonds is 3. The van der Waals surface area contributed by atoms with Gasteiger partial charge in [-0.1, -0.05) is 0 Å². The fourth-order valence-electron chi connectivity index (χ4n) is 2.21. The second-order valence-corrected chi connectivity index (χ2v) is 6.48. The van der Waals surface area contributed by atoms with Gasteiger partial charge < -0.3 is 4.74 Å². The van der Waals surface area contributed by atoms with E-state index in [-0.39, 0.29) is 5.91 Å². The lowest BCUT2D eigenvalue weighted by molar-refractivity contribution is 0.102. The summed E-state index contributed by atoms with van der Waals surface area (Å²) in [7, 11) is 1.58. The number of halogens is 1. The Morgan fingerprint density at radius 1 is 1.45 bits per heavy atom. The van der Waals surface area contributed by atoms with Gasteiger partial charge in [-0.05, 0) is 53.4 Å². The number of anilines is 1. The summed E-state index contributed by atoms with van der Waals surface area (Å²) in [6.07, 6.45) is 3.26. The first-order valence-corrected chi connectivity index (χ1v) is 7.92. The summed E-state index contributed by atoms with van der Waals surface area (Å²) in [6, 6.07) is 5.31. The van der Waals surface area contributed by atoms with Gasteiger partial charge in [0.1, 0.15) is 5.75 Å². The topological polar surface area (TPSA) is 51.2 Å². The number of aromatic nitrogens is 1. The van der Waals surface area contributed by atoms with E-state index in [1.165, 1.54) is 11.3 Å². The van der Waals surface area contributed by atoms with E-state index in [0.717, 1.165) is 23.0 Å². The second kappa shape index (κ2) is 5.54. The van der Waals surface area contributed by atoms with Crippen LogP contribution in [0.1, 0.15) is 27.3 Å². The molecule has 1 aromatic heterocycles. The molecule has 0 radical (unpaired) electrons. The highest BCUT2D eigenvalue weighted by Crippen LogP contribution is 2.31. The largest absolute Gasteiger partial charge is 0.497 e. The van der Waals surface area contributed by atoms with Crippen molar-refractivity contribution in [2.45, 2.75) is 19.3 Å². The molecule has 1 aliphatic carbocycles. The number of hydrogen-bond acceptors (Lipinski definition) is 4. The molecule has 1 aliphatic rings. The van der Waals surface area contributed by atoms with E-state index in [2.05, 4.69) is 26.2 Å². The zero-order chi connectivity index (χ0) is 14.1. The van der Waals surface area contributed by atoms with Crippen molar-refractivity contribution in [3.63, 3.8) is 0 Å². The van der Waals surface area contributed by atoms with Crippen LogP contribution in [-0.2, 0) is 12.8 Å². The average Bonchev–Trinajstić information content (AvgIpc) is 3.00. The Morgan fingerprint density at radius 2 is 2.30 bits per heavy atom. The first-order chi connectivity index (χ1) is 9.67. The smallest absolute Gasteiger partial charge is 0.258 e. The number of carbonyl (C=O) groups is 1. The van der Waals surface area contributed by atoms with Crippen molar-refractivity contribution in [3.05, 3.63) is 38.8 Å². The molecule has 0 saturated carbocycles. The predicted molar refractivity (Wildman–Crippen MR) is 82.8 cm³/mol. The summed E-state index contributed by atoms with van der Waals surface area (Å²) in [5.74, 6) is 0.475. The van der Waals surface area contributed by atoms with Gasteiger partial charge in [-0.2, -0.15) is 0 Å². The fraction of sp³-hybridized carbons (Fsp3) is 0.286. The Morgan fingerprint density at radius 3 is 3.05 bits per heavy atom. The summed E-state index contributed by atoms with van der Waals surface area (Å²) in [5.41, 5.74) is 1.68. The Labute approximate surface area is 129 Å². The van der Waals surface area contributed by atoms with Gasteiger partial charge >= 0.3 is 0 Å². The normalized spacial score (nSPS) is 13.1. The highest BCUT2D eigenvalue weighted by atomic mass is 79.9. The molecule has 3 rings (SSSR count). The molecular formula is C14H13BrN2O2S. The van der Waals surface area contributed by atoms with Crippen LogP contribution in [0.2, 0.25) is 0 Å². The standard InChI is InChI=1S/C14H13BrN2O2S/c1-19-8-5-6-10(15)9(7-8)13(18)17-14-16-11-3-2-4-12(11)20-14/h5-7H,2-4H2,1H3,(H,16,17,18). The Bertz CT molecular complexity index is 648. The van der Waals surface area contributed by atoms with Gasteiger partial charge in [0.05, 0.1) is 18.4 Å². The van der Waals surface area contributed by atoms with Crippen LogP contribution >= 0.6 is 27.3 Å². The van der Waals surface area contributed by atoms with Crippen molar-refractivity contribution in [1.29, 1.82) is 0 Å². The molecule has 1 N–H and O–H groups in total. The van der Waals surface area contributed by atoms with Crippen LogP contribution in [0.15, 0.2) is 22.7 Å². The molecule has 2 aromatic rings. The first kappa shape index (κ1) is 13.6. The van der Waals surface area contributed by atoms with E-state index in [0.29, 0.717) is 16.4 Å². The van der Waals surface area contributed by atoms with Crippen molar-refractivity contribution in [2.24, 2.45) is 0 Å². The Kier molecular flexibility index (Phi) is 3.76. The van der Waals surface area contributed by atoms with E-state index in [1.54, 1.807) is 36.6 Å². The van der Waals surface area contributed by atoms with Crippen LogP contribution in [0, 0.1) is 0 Å². The minimum absolute atomic E-state index is 0.178. The monoisotopic (exact) mass is 352 g/mol. The maximum Gasteiger partial charge on any atom is 0.258 e. The molecule has 1 amide bonds. The summed E-state index contributed by atoms with van der Waals surface area (Å²) in [5, 5.41) is 3.54. The molecule has 0 unspecified atom stereocenters. The van der Waals surface area contributed by atoms with Gasteiger partial charge in [-0.15, -0.1) is 11.3 Å². The summed E-state index contributed by atoms with van der Waals surface area (Å²) < 4.78 is 5.88. The van der Waals surface area contributed by atoms with Crippen LogP contribution in [0.5, 0.6) is 5.75 Å². The van der Waals surface area contributed by atoms with E-state index in [1.807, 2.05) is 0 Å². The fourth-order valence-corrected chi connectivity index (χ4v) is 3.69. The third kappa shape index (κ3) is 2.58. The van der Waals surface area contributed by atoms with Gasteiger partial charge in [0, 0.05) is 9.35 Å². The van der Waals surface area contributed by atoms with Crippen molar-refractivity contribution >= 4 is 38.3 Å². The third-order valence-corrected chi connectivity index (χ3v) is 5.00. The number of methoxy groups -OCH3 is 1. The molecule has 0 spiro atoms. The number of nitrogens with zero attached hydrogens (tertiary/aromatic N) is 1. The minimum atomic E-state index is -0.178. The quantitative estimate of drug-likeness (QED) is 0.916. The van der Waals surface area contributed by atoms with Crippen molar-refractivity contribution in [2.75, 3.05) is 12.4 Å². The van der Waals surface area contributed by atoms with Crippen LogP contribution in [0.3, 0.4) is 0 Å². The van der Waals surface area contributed by atoms with E-state index >= 15 is 0 Å². The zero-order valence-electron chi connectivity index (χ0n) is 10.9. The maximum atomic E-state index is 12.3. The molecule has 104 valence electrons. The van der Waals surface area contributed by atoms with Crippen LogP contribution < -0.4 is 10.1 Å². The lowest BCUT2D eigenvalue weighted by Gasteiger charge is -2.06. The van der Waals surface area contributed by atoms with E-state index in [4.69, 9.17) is 4.74 Å². The minimum Gasteiger partial charge on any atom is -0.497 e. The zero-order valence-corrected chi connectivity index (χ0v) is 13.3. The molecule has 1 aromatic carbocycles. The lowest BCUT2D eigenvalue weighted by atomic mass is 10.2. The maximum absolute atomic E-state index is 12.3. The highest BCUT2D eigenvalue weighted by molar-refractivity contribution is 9.10. The lowest BCUT2D eigenvalue weighted by Crippen LogP contribution is -2.12. The van der Waals surface area contributed by atoms with Gasteiger partial charge in [0.15, 0.2) is 5.13 Å². The molecule has 6 heteroatoms. The van der Waals surface area contributed by atoms with Crippen molar-refractivity contribution in [1.82, 2.24) is 4.98 Å². The molecule has 0 saturated heterocycles. The number of hydrogen-bond donors (Lipinski definition) is 1. The van der Waals surface area contributed by atoms with Gasteiger partial charge in [0.25, 0.3) is 5.91 Å². The van der Waals surface area contributed by atoms with Crippen molar-refractivity contribution in [3.8, 4) is 5.75 Å². The SMILES string of the molecule is COc1ccc(Br)c(C(=O)Nc2nc3c(s2)CCC3)c1. The number of amides is 1.